The lowest BCUT2D eigenvalue weighted by Gasteiger charge is -2.36. The predicted molar refractivity (Wildman–Crippen MR) is 73.8 cm³/mol. The monoisotopic (exact) mass is 276 g/mol. The molecule has 20 heavy (non-hydrogen) atoms. The topological polar surface area (TPSA) is 0 Å². The summed E-state index contributed by atoms with van der Waals surface area (Å²) in [5, 5.41) is 0. The van der Waals surface area contributed by atoms with Crippen LogP contribution >= 0.6 is 0 Å². The van der Waals surface area contributed by atoms with E-state index in [4.69, 9.17) is 0 Å². The van der Waals surface area contributed by atoms with Crippen molar-refractivity contribution in [1.82, 2.24) is 0 Å². The normalized spacial score (nSPS) is 28.9. The first-order valence-electron chi connectivity index (χ1n) is 6.73. The smallest absolute Gasteiger partial charge is 0.171 e. The Bertz CT molecular complexity index is 564. The van der Waals surface area contributed by atoms with Gasteiger partial charge in [0, 0.05) is 5.92 Å². The molecule has 2 aliphatic rings. The van der Waals surface area contributed by atoms with Crippen LogP contribution < -0.4 is 0 Å². The van der Waals surface area contributed by atoms with Gasteiger partial charge in [0.15, 0.2) is 0 Å². The van der Waals surface area contributed by atoms with Crippen molar-refractivity contribution in [3.05, 3.63) is 66.3 Å². The molecule has 0 nitrogen and oxygen atoms in total. The van der Waals surface area contributed by atoms with E-state index in [1.165, 1.54) is 0 Å². The Hall–Kier alpha value is -1.77. The molecule has 104 valence electrons. The second-order valence-corrected chi connectivity index (χ2v) is 5.33. The standard InChI is InChI=1S/C17H15F3/c18-17(19,20)16-11-14(12-6-2-1-3-7-12)10-13-8-4-5-9-15(13)16/h1-10,13,15-16H,11H2. The van der Waals surface area contributed by atoms with E-state index in [0.717, 1.165) is 11.1 Å². The molecule has 0 saturated carbocycles. The van der Waals surface area contributed by atoms with E-state index in [9.17, 15) is 13.2 Å². The van der Waals surface area contributed by atoms with Crippen LogP contribution in [0.4, 0.5) is 13.2 Å². The van der Waals surface area contributed by atoms with Gasteiger partial charge in [-0.1, -0.05) is 60.7 Å². The summed E-state index contributed by atoms with van der Waals surface area (Å²) in [6.45, 7) is 0. The van der Waals surface area contributed by atoms with Crippen molar-refractivity contribution in [3.8, 4) is 0 Å². The minimum Gasteiger partial charge on any atom is -0.171 e. The van der Waals surface area contributed by atoms with Crippen LogP contribution in [0.5, 0.6) is 0 Å². The molecule has 0 saturated heterocycles. The summed E-state index contributed by atoms with van der Waals surface area (Å²) in [6.07, 6.45) is 5.01. The SMILES string of the molecule is FC(F)(F)C1CC(c2ccccc2)=CC2C=CC=CC21. The Balaban J connectivity index is 2.00. The van der Waals surface area contributed by atoms with Crippen molar-refractivity contribution in [2.45, 2.75) is 12.6 Å². The van der Waals surface area contributed by atoms with Gasteiger partial charge in [-0.15, -0.1) is 0 Å². The van der Waals surface area contributed by atoms with Crippen LogP contribution in [0.1, 0.15) is 12.0 Å². The molecule has 0 aliphatic heterocycles. The molecule has 0 aromatic heterocycles. The maximum absolute atomic E-state index is 13.3. The fourth-order valence-electron chi connectivity index (χ4n) is 3.08. The summed E-state index contributed by atoms with van der Waals surface area (Å²) in [5.74, 6) is -1.92. The summed E-state index contributed by atoms with van der Waals surface area (Å²) < 4.78 is 39.9. The molecule has 0 amide bonds. The molecule has 1 aromatic rings. The molecule has 0 heterocycles. The van der Waals surface area contributed by atoms with E-state index >= 15 is 0 Å². The number of alkyl halides is 3. The first-order valence-corrected chi connectivity index (χ1v) is 6.73. The molecule has 0 fully saturated rings. The highest BCUT2D eigenvalue weighted by Gasteiger charge is 2.47. The molecule has 0 spiro atoms. The molecule has 0 radical (unpaired) electrons. The van der Waals surface area contributed by atoms with Gasteiger partial charge in [-0.25, -0.2) is 0 Å². The molecular weight excluding hydrogens is 261 g/mol. The van der Waals surface area contributed by atoms with Crippen molar-refractivity contribution in [2.24, 2.45) is 17.8 Å². The number of rotatable bonds is 1. The van der Waals surface area contributed by atoms with E-state index in [-0.39, 0.29) is 12.3 Å². The third-order valence-electron chi connectivity index (χ3n) is 4.09. The summed E-state index contributed by atoms with van der Waals surface area (Å²) in [7, 11) is 0. The second kappa shape index (κ2) is 4.97. The lowest BCUT2D eigenvalue weighted by atomic mass is 9.70. The molecule has 2 aliphatic carbocycles. The lowest BCUT2D eigenvalue weighted by molar-refractivity contribution is -0.186. The van der Waals surface area contributed by atoms with Crippen molar-refractivity contribution in [2.75, 3.05) is 0 Å². The van der Waals surface area contributed by atoms with Gasteiger partial charge in [0.05, 0.1) is 5.92 Å². The number of hydrogen-bond donors (Lipinski definition) is 0. The van der Waals surface area contributed by atoms with E-state index in [0.29, 0.717) is 0 Å². The summed E-state index contributed by atoms with van der Waals surface area (Å²) in [6, 6.07) is 9.35. The van der Waals surface area contributed by atoms with Crippen LogP contribution in [0.2, 0.25) is 0 Å². The van der Waals surface area contributed by atoms with Gasteiger partial charge < -0.3 is 0 Å². The summed E-state index contributed by atoms with van der Waals surface area (Å²) >= 11 is 0. The molecular formula is C17H15F3. The molecule has 3 rings (SSSR count). The Labute approximate surface area is 116 Å². The van der Waals surface area contributed by atoms with E-state index in [1.807, 2.05) is 48.6 Å². The zero-order chi connectivity index (χ0) is 14.2. The molecule has 3 heteroatoms. The Morgan fingerprint density at radius 3 is 2.35 bits per heavy atom. The van der Waals surface area contributed by atoms with Gasteiger partial charge in [-0.2, -0.15) is 13.2 Å². The average molecular weight is 276 g/mol. The van der Waals surface area contributed by atoms with E-state index < -0.39 is 18.0 Å². The van der Waals surface area contributed by atoms with Crippen LogP contribution in [-0.2, 0) is 0 Å². The van der Waals surface area contributed by atoms with Gasteiger partial charge in [0.2, 0.25) is 0 Å². The quantitative estimate of drug-likeness (QED) is 0.676. The van der Waals surface area contributed by atoms with E-state index in [2.05, 4.69) is 0 Å². The predicted octanol–water partition coefficient (Wildman–Crippen LogP) is 5.01. The maximum atomic E-state index is 13.3. The van der Waals surface area contributed by atoms with Gasteiger partial charge in [-0.3, -0.25) is 0 Å². The second-order valence-electron chi connectivity index (χ2n) is 5.33. The fourth-order valence-corrected chi connectivity index (χ4v) is 3.08. The van der Waals surface area contributed by atoms with Gasteiger partial charge >= 0.3 is 6.18 Å². The Kier molecular flexibility index (Phi) is 3.28. The van der Waals surface area contributed by atoms with Crippen LogP contribution in [0.3, 0.4) is 0 Å². The van der Waals surface area contributed by atoms with Crippen LogP contribution in [0.15, 0.2) is 60.7 Å². The summed E-state index contributed by atoms with van der Waals surface area (Å²) in [5.41, 5.74) is 1.69. The number of hydrogen-bond acceptors (Lipinski definition) is 0. The number of allylic oxidation sites excluding steroid dienone is 6. The van der Waals surface area contributed by atoms with Crippen molar-refractivity contribution in [1.29, 1.82) is 0 Å². The first kappa shape index (κ1) is 13.2. The van der Waals surface area contributed by atoms with Gasteiger partial charge in [0.25, 0.3) is 0 Å². The maximum Gasteiger partial charge on any atom is 0.392 e. The zero-order valence-electron chi connectivity index (χ0n) is 10.8. The highest BCUT2D eigenvalue weighted by molar-refractivity contribution is 5.67. The molecule has 3 atom stereocenters. The third-order valence-corrected chi connectivity index (χ3v) is 4.09. The lowest BCUT2D eigenvalue weighted by Crippen LogP contribution is -2.36. The van der Waals surface area contributed by atoms with E-state index in [1.54, 1.807) is 12.2 Å². The highest BCUT2D eigenvalue weighted by Crippen LogP contribution is 2.47. The van der Waals surface area contributed by atoms with Crippen LogP contribution in [0, 0.1) is 17.8 Å². The summed E-state index contributed by atoms with van der Waals surface area (Å²) in [4.78, 5) is 0. The van der Waals surface area contributed by atoms with Gasteiger partial charge in [-0.05, 0) is 23.5 Å². The fraction of sp³-hybridized carbons (Fsp3) is 0.294. The van der Waals surface area contributed by atoms with Crippen molar-refractivity contribution < 1.29 is 13.2 Å². The molecule has 0 N–H and O–H groups in total. The first-order chi connectivity index (χ1) is 9.55. The zero-order valence-corrected chi connectivity index (χ0v) is 10.8. The highest BCUT2D eigenvalue weighted by atomic mass is 19.4. The molecule has 0 bridgehead atoms. The number of halogens is 3. The minimum atomic E-state index is -4.16. The molecule has 3 unspecified atom stereocenters. The minimum absolute atomic E-state index is 0.0624. The van der Waals surface area contributed by atoms with Crippen molar-refractivity contribution >= 4 is 5.57 Å². The van der Waals surface area contributed by atoms with Crippen LogP contribution in [0.25, 0.3) is 5.57 Å². The van der Waals surface area contributed by atoms with Crippen LogP contribution in [-0.4, -0.2) is 6.18 Å². The number of benzene rings is 1. The third kappa shape index (κ3) is 2.45. The average Bonchev–Trinajstić information content (AvgIpc) is 2.46. The largest absolute Gasteiger partial charge is 0.392 e. The Morgan fingerprint density at radius 2 is 1.65 bits per heavy atom. The molecule has 1 aromatic carbocycles. The Morgan fingerprint density at radius 1 is 0.950 bits per heavy atom. The number of fused-ring (bicyclic) bond motifs is 1. The van der Waals surface area contributed by atoms with Gasteiger partial charge in [0.1, 0.15) is 0 Å². The van der Waals surface area contributed by atoms with Crippen molar-refractivity contribution in [3.63, 3.8) is 0 Å².